The van der Waals surface area contributed by atoms with Crippen LogP contribution in [0, 0.1) is 0 Å². The highest BCUT2D eigenvalue weighted by molar-refractivity contribution is 7.45. The Kier molecular flexibility index (Phi) is 35.3. The first-order valence-corrected chi connectivity index (χ1v) is 22.6. The van der Waals surface area contributed by atoms with Crippen molar-refractivity contribution >= 4 is 13.8 Å². The molecule has 9 nitrogen and oxygen atoms in total. The summed E-state index contributed by atoms with van der Waals surface area (Å²) in [4.78, 5) is 25.0. The van der Waals surface area contributed by atoms with Crippen LogP contribution in [0.15, 0.2) is 60.9 Å². The molecule has 0 bridgehead atoms. The van der Waals surface area contributed by atoms with E-state index in [2.05, 4.69) is 56.4 Å². The highest BCUT2D eigenvalue weighted by atomic mass is 31.2. The number of unbranched alkanes of at least 4 members (excludes halogenated alkanes) is 13. The lowest BCUT2D eigenvalue weighted by molar-refractivity contribution is -0.870. The van der Waals surface area contributed by atoms with E-state index in [9.17, 15) is 19.4 Å². The van der Waals surface area contributed by atoms with E-state index in [0.29, 0.717) is 17.4 Å². The molecule has 0 aliphatic carbocycles. The Bertz CT molecular complexity index is 1070. The lowest BCUT2D eigenvalue weighted by atomic mass is 10.0. The standard InChI is InChI=1S/C44H80NO8P/c1-6-8-9-10-11-12-13-14-18-21-24-27-30-33-38-50-40-43(41-52-54(48,49)51-39-37-45(3,4)5)53-44(47)36-32-29-26-23-20-17-15-16-19-22-25-28-31-35-42(46)34-7-2/h15,17,19,22-23,26,28,31,33,38,42-43,46H,6-14,16,18,20-21,24-25,27,29-30,32,34-37,39-41H2,1-5H3/b17-15-,22-19-,26-23-,31-28-,38-33+/t42?,43-/m1/s1. The van der Waals surface area contributed by atoms with Crippen molar-refractivity contribution in [2.45, 2.75) is 167 Å². The number of phosphoric acid groups is 1. The summed E-state index contributed by atoms with van der Waals surface area (Å²) in [7, 11) is 1.26. The zero-order chi connectivity index (χ0) is 40.0. The van der Waals surface area contributed by atoms with E-state index >= 15 is 0 Å². The van der Waals surface area contributed by atoms with Gasteiger partial charge in [-0.3, -0.25) is 9.36 Å². The number of carbonyl (C=O) groups excluding carboxylic acids is 1. The number of likely N-dealkylation sites (N-methyl/N-ethyl adjacent to an activating group) is 1. The first-order valence-electron chi connectivity index (χ1n) is 21.1. The fraction of sp³-hybridized carbons (Fsp3) is 0.750. The Balaban J connectivity index is 4.45. The highest BCUT2D eigenvalue weighted by Gasteiger charge is 2.20. The van der Waals surface area contributed by atoms with E-state index in [1.54, 1.807) is 6.26 Å². The summed E-state index contributed by atoms with van der Waals surface area (Å²) >= 11 is 0. The number of aliphatic hydroxyl groups excluding tert-OH is 1. The van der Waals surface area contributed by atoms with Gasteiger partial charge >= 0.3 is 5.97 Å². The summed E-state index contributed by atoms with van der Waals surface area (Å²) < 4.78 is 34.2. The molecule has 0 aromatic heterocycles. The maximum absolute atomic E-state index is 12.6. The van der Waals surface area contributed by atoms with Crippen LogP contribution in [0.3, 0.4) is 0 Å². The molecule has 0 aliphatic heterocycles. The van der Waals surface area contributed by atoms with Crippen molar-refractivity contribution in [3.8, 4) is 0 Å². The van der Waals surface area contributed by atoms with Crippen LogP contribution in [-0.2, 0) is 27.9 Å². The average Bonchev–Trinajstić information content (AvgIpc) is 3.11. The van der Waals surface area contributed by atoms with E-state index in [-0.39, 0.29) is 32.3 Å². The van der Waals surface area contributed by atoms with Gasteiger partial charge in [0.1, 0.15) is 19.8 Å². The summed E-state index contributed by atoms with van der Waals surface area (Å²) in [6, 6.07) is 0. The normalized spacial score (nSPS) is 14.9. The molecule has 0 spiro atoms. The van der Waals surface area contributed by atoms with E-state index < -0.39 is 19.9 Å². The number of hydrogen-bond acceptors (Lipinski definition) is 8. The lowest BCUT2D eigenvalue weighted by Crippen LogP contribution is -2.37. The van der Waals surface area contributed by atoms with Gasteiger partial charge in [0.2, 0.25) is 0 Å². The molecule has 3 atom stereocenters. The molecule has 0 saturated carbocycles. The zero-order valence-corrected chi connectivity index (χ0v) is 35.9. The number of rotatable bonds is 38. The second-order valence-corrected chi connectivity index (χ2v) is 16.7. The van der Waals surface area contributed by atoms with Crippen LogP contribution >= 0.6 is 7.82 Å². The number of ether oxygens (including phenoxy) is 2. The summed E-state index contributed by atoms with van der Waals surface area (Å²) in [6.07, 6.45) is 42.5. The van der Waals surface area contributed by atoms with Crippen LogP contribution in [-0.4, -0.2) is 75.3 Å². The van der Waals surface area contributed by atoms with Crippen LogP contribution in [0.2, 0.25) is 0 Å². The Hall–Kier alpha value is -2.00. The molecular formula is C44H80NO8P. The predicted molar refractivity (Wildman–Crippen MR) is 223 cm³/mol. The van der Waals surface area contributed by atoms with Gasteiger partial charge in [-0.05, 0) is 63.9 Å². The van der Waals surface area contributed by atoms with Crippen LogP contribution < -0.4 is 4.89 Å². The molecule has 2 unspecified atom stereocenters. The van der Waals surface area contributed by atoms with Gasteiger partial charge in [0, 0.05) is 6.42 Å². The molecule has 0 fully saturated rings. The average molecular weight is 782 g/mol. The molecule has 54 heavy (non-hydrogen) atoms. The van der Waals surface area contributed by atoms with Gasteiger partial charge in [-0.25, -0.2) is 0 Å². The molecule has 10 heteroatoms. The minimum absolute atomic E-state index is 0.00237. The van der Waals surface area contributed by atoms with Crippen LogP contribution in [0.5, 0.6) is 0 Å². The van der Waals surface area contributed by atoms with Crippen molar-refractivity contribution in [2.75, 3.05) is 47.5 Å². The number of esters is 1. The summed E-state index contributed by atoms with van der Waals surface area (Å²) in [5.74, 6) is -0.425. The van der Waals surface area contributed by atoms with Crippen molar-refractivity contribution in [1.82, 2.24) is 0 Å². The Labute approximate surface area is 331 Å². The fourth-order valence-electron chi connectivity index (χ4n) is 5.40. The van der Waals surface area contributed by atoms with Gasteiger partial charge in [0.05, 0.1) is 40.1 Å². The number of nitrogens with zero attached hydrogens (tertiary/aromatic N) is 1. The Morgan fingerprint density at radius 3 is 1.80 bits per heavy atom. The van der Waals surface area contributed by atoms with Gasteiger partial charge in [-0.15, -0.1) is 0 Å². The topological polar surface area (TPSA) is 114 Å². The third-order valence-corrected chi connectivity index (χ3v) is 9.66. The molecule has 0 saturated heterocycles. The van der Waals surface area contributed by atoms with E-state index in [0.717, 1.165) is 57.8 Å². The van der Waals surface area contributed by atoms with Gasteiger partial charge in [0.15, 0.2) is 6.10 Å². The van der Waals surface area contributed by atoms with E-state index in [1.807, 2.05) is 33.3 Å². The minimum Gasteiger partial charge on any atom is -0.756 e. The molecule has 0 amide bonds. The van der Waals surface area contributed by atoms with Crippen molar-refractivity contribution in [3.05, 3.63) is 60.9 Å². The third-order valence-electron chi connectivity index (χ3n) is 8.69. The SMILES string of the molecule is CCCCCCCCCCCCCC/C=C/OC[C@H](COP(=O)([O-])OCC[N+](C)(C)C)OC(=O)CCC/C=C\C/C=C\C/C=C\C/C=C\CC(O)CCC. The van der Waals surface area contributed by atoms with Crippen molar-refractivity contribution < 1.29 is 42.4 Å². The molecule has 0 aliphatic rings. The minimum atomic E-state index is -4.56. The zero-order valence-electron chi connectivity index (χ0n) is 35.0. The van der Waals surface area contributed by atoms with Gasteiger partial charge in [-0.2, -0.15) is 0 Å². The first kappa shape index (κ1) is 52.0. The van der Waals surface area contributed by atoms with Crippen LogP contribution in [0.1, 0.15) is 155 Å². The Morgan fingerprint density at radius 1 is 0.685 bits per heavy atom. The second-order valence-electron chi connectivity index (χ2n) is 15.2. The maximum Gasteiger partial charge on any atom is 0.306 e. The van der Waals surface area contributed by atoms with Crippen LogP contribution in [0.4, 0.5) is 0 Å². The number of quaternary nitrogens is 1. The lowest BCUT2D eigenvalue weighted by Gasteiger charge is -2.28. The number of carbonyl (C=O) groups is 1. The Morgan fingerprint density at radius 2 is 1.22 bits per heavy atom. The smallest absolute Gasteiger partial charge is 0.306 e. The van der Waals surface area contributed by atoms with Crippen LogP contribution in [0.25, 0.3) is 0 Å². The highest BCUT2D eigenvalue weighted by Crippen LogP contribution is 2.38. The molecule has 0 radical (unpaired) electrons. The summed E-state index contributed by atoms with van der Waals surface area (Å²) in [5.41, 5.74) is 0. The van der Waals surface area contributed by atoms with Crippen molar-refractivity contribution in [1.29, 1.82) is 0 Å². The van der Waals surface area contributed by atoms with Gasteiger partial charge in [-0.1, -0.05) is 140 Å². The number of hydrogen-bond donors (Lipinski definition) is 1. The number of allylic oxidation sites excluding steroid dienone is 8. The maximum atomic E-state index is 12.6. The molecule has 314 valence electrons. The molecule has 0 rings (SSSR count). The van der Waals surface area contributed by atoms with E-state index in [4.69, 9.17) is 18.5 Å². The molecule has 0 aromatic carbocycles. The largest absolute Gasteiger partial charge is 0.756 e. The van der Waals surface area contributed by atoms with E-state index in [1.165, 1.54) is 70.6 Å². The first-order chi connectivity index (χ1) is 26.0. The molecule has 1 N–H and O–H groups in total. The summed E-state index contributed by atoms with van der Waals surface area (Å²) in [6.45, 7) is 4.44. The molecule has 0 aromatic rings. The molecular weight excluding hydrogens is 701 g/mol. The molecule has 0 heterocycles. The van der Waals surface area contributed by atoms with Crippen molar-refractivity contribution in [3.63, 3.8) is 0 Å². The second kappa shape index (κ2) is 36.6. The third kappa shape index (κ3) is 39.7. The quantitative estimate of drug-likeness (QED) is 0.0164. The monoisotopic (exact) mass is 782 g/mol. The number of phosphoric ester groups is 1. The fourth-order valence-corrected chi connectivity index (χ4v) is 6.13. The van der Waals surface area contributed by atoms with Gasteiger partial charge in [0.25, 0.3) is 7.82 Å². The summed E-state index contributed by atoms with van der Waals surface area (Å²) in [5, 5.41) is 9.73. The number of aliphatic hydroxyl groups is 1. The van der Waals surface area contributed by atoms with Crippen molar-refractivity contribution in [2.24, 2.45) is 0 Å². The van der Waals surface area contributed by atoms with Gasteiger partial charge < -0.3 is 33.0 Å². The predicted octanol–water partition coefficient (Wildman–Crippen LogP) is 10.8.